The minimum Gasteiger partial charge on any atom is -0.480 e. The van der Waals surface area contributed by atoms with Gasteiger partial charge in [0.2, 0.25) is 0 Å². The summed E-state index contributed by atoms with van der Waals surface area (Å²) in [6.07, 6.45) is 0.599. The van der Waals surface area contributed by atoms with Gasteiger partial charge < -0.3 is 9.85 Å². The summed E-state index contributed by atoms with van der Waals surface area (Å²) in [5.74, 6) is 4.77. The summed E-state index contributed by atoms with van der Waals surface area (Å²) < 4.78 is 11.0. The van der Waals surface area contributed by atoms with Crippen molar-refractivity contribution in [1.29, 1.82) is 1.43 Å². The number of hydrogen-bond acceptors (Lipinski definition) is 3. The Morgan fingerprint density at radius 2 is 2.70 bits per heavy atom. The fourth-order valence-corrected chi connectivity index (χ4v) is 0.404. The van der Waals surface area contributed by atoms with E-state index in [1.807, 2.05) is 0 Å². The van der Waals surface area contributed by atoms with Crippen molar-refractivity contribution in [3.63, 3.8) is 0 Å². The zero-order valence-electron chi connectivity index (χ0n) is 6.85. The zero-order chi connectivity index (χ0) is 8.53. The van der Waals surface area contributed by atoms with Crippen molar-refractivity contribution in [1.82, 2.24) is 0 Å². The van der Waals surface area contributed by atoms with Crippen LogP contribution in [0.5, 0.6) is 0 Å². The maximum absolute atomic E-state index is 10.3. The van der Waals surface area contributed by atoms with Gasteiger partial charge in [-0.25, -0.2) is 4.79 Å². The normalized spacial score (nSPS) is 9.10. The van der Waals surface area contributed by atoms with E-state index < -0.39 is 5.97 Å². The average molecular weight is 143 g/mol. The highest BCUT2D eigenvalue weighted by Crippen LogP contribution is 1.79. The lowest BCUT2D eigenvalue weighted by Gasteiger charge is -1.94. The van der Waals surface area contributed by atoms with Crippen LogP contribution in [0.15, 0.2) is 0 Å². The maximum Gasteiger partial charge on any atom is 0.329 e. The highest BCUT2D eigenvalue weighted by molar-refractivity contribution is 5.67. The maximum atomic E-state index is 10.3. The number of ether oxygens (including phenoxy) is 1. The quantitative estimate of drug-likeness (QED) is 0.460. The number of rotatable bonds is 4. The predicted octanol–water partition coefficient (Wildman–Crippen LogP) is 0.501. The Bertz CT molecular complexity index is 168. The fraction of sp³-hybridized carbons (Fsp3) is 0.571. The standard InChI is InChI=1S/C7H10O3/c1-2-3-4-5-10-6-7(8)9/h4-6H2,1H3,(H,8,9)/i/hD. The van der Waals surface area contributed by atoms with E-state index in [0.717, 1.165) is 0 Å². The van der Waals surface area contributed by atoms with E-state index in [1.54, 1.807) is 6.92 Å². The summed E-state index contributed by atoms with van der Waals surface area (Å²) in [4.78, 5) is 10.3. The minimum absolute atomic E-state index is 0.172. The molecule has 0 saturated heterocycles. The molecule has 0 bridgehead atoms. The molecule has 0 aromatic rings. The summed E-state index contributed by atoms with van der Waals surface area (Å²) in [6, 6.07) is 0. The Morgan fingerprint density at radius 1 is 1.90 bits per heavy atom. The van der Waals surface area contributed by atoms with Gasteiger partial charge in [0.25, 0.3) is 1.43 Å². The van der Waals surface area contributed by atoms with Gasteiger partial charge in [-0.1, -0.05) is 0 Å². The first-order valence-corrected chi connectivity index (χ1v) is 2.94. The number of hydrogen-bond donors (Lipinski definition) is 1. The van der Waals surface area contributed by atoms with Crippen molar-refractivity contribution in [2.75, 3.05) is 13.2 Å². The van der Waals surface area contributed by atoms with Gasteiger partial charge in [-0.3, -0.25) is 0 Å². The van der Waals surface area contributed by atoms with Crippen LogP contribution in [0.3, 0.4) is 0 Å². The summed E-state index contributed by atoms with van der Waals surface area (Å²) in [5.41, 5.74) is 0. The van der Waals surface area contributed by atoms with E-state index >= 15 is 0 Å². The molecule has 10 heavy (non-hydrogen) atoms. The molecule has 0 radical (unpaired) electrons. The molecule has 0 aliphatic rings. The van der Waals surface area contributed by atoms with Crippen LogP contribution >= 0.6 is 0 Å². The number of carboxylic acid groups (broad SMARTS) is 1. The third kappa shape index (κ3) is 6.99. The van der Waals surface area contributed by atoms with Crippen LogP contribution in [0.2, 0.25) is 0 Å². The average Bonchev–Trinajstić information content (AvgIpc) is 2.04. The minimum atomic E-state index is -0.686. The van der Waals surface area contributed by atoms with E-state index in [4.69, 9.17) is 6.17 Å². The number of carbonyl (C=O) groups is 1. The van der Waals surface area contributed by atoms with Crippen LogP contribution < -0.4 is 0 Å². The van der Waals surface area contributed by atoms with Gasteiger partial charge in [0.1, 0.15) is 6.61 Å². The first-order chi connectivity index (χ1) is 5.31. The predicted molar refractivity (Wildman–Crippen MR) is 36.5 cm³/mol. The van der Waals surface area contributed by atoms with Gasteiger partial charge >= 0.3 is 5.97 Å². The molecule has 3 heteroatoms. The van der Waals surface area contributed by atoms with Crippen LogP contribution in [0.25, 0.3) is 1.43 Å². The molecular formula is C7H10O3. The first kappa shape index (κ1) is 7.10. The highest BCUT2D eigenvalue weighted by atomic mass is 16.5. The van der Waals surface area contributed by atoms with Crippen LogP contribution in [0, 0.1) is 11.8 Å². The third-order valence-electron chi connectivity index (χ3n) is 0.768. The van der Waals surface area contributed by atoms with E-state index in [0.29, 0.717) is 13.0 Å². The topological polar surface area (TPSA) is 46.5 Å². The Balaban J connectivity index is 3.12. The molecule has 0 amide bonds. The molecule has 0 rings (SSSR count). The molecule has 3 nitrogen and oxygen atoms in total. The third-order valence-corrected chi connectivity index (χ3v) is 0.768. The molecule has 0 unspecified atom stereocenters. The molecule has 0 spiro atoms. The second-order valence-corrected chi connectivity index (χ2v) is 1.60. The second-order valence-electron chi connectivity index (χ2n) is 1.60. The number of carboxylic acids is 1. The van der Waals surface area contributed by atoms with Crippen molar-refractivity contribution in [2.45, 2.75) is 13.3 Å². The lowest BCUT2D eigenvalue weighted by molar-refractivity contribution is -0.142. The molecule has 0 aromatic heterocycles. The molecule has 0 atom stereocenters. The van der Waals surface area contributed by atoms with E-state index in [2.05, 4.69) is 16.9 Å². The zero-order valence-corrected chi connectivity index (χ0v) is 5.85. The molecular weight excluding hydrogens is 132 g/mol. The summed E-state index contributed by atoms with van der Waals surface area (Å²) in [6.45, 7) is 1.96. The highest BCUT2D eigenvalue weighted by Gasteiger charge is 1.93. The van der Waals surface area contributed by atoms with Gasteiger partial charge in [0, 0.05) is 6.42 Å². The molecule has 0 saturated carbocycles. The monoisotopic (exact) mass is 143 g/mol. The molecule has 1 N–H and O–H groups in total. The van der Waals surface area contributed by atoms with Crippen LogP contribution in [-0.2, 0) is 9.53 Å². The number of aliphatic carboxylic acids is 1. The first-order valence-electron chi connectivity index (χ1n) is 3.35. The molecule has 56 valence electrons. The Labute approximate surface area is 61.5 Å². The van der Waals surface area contributed by atoms with Gasteiger partial charge in [-0.05, 0) is 6.92 Å². The molecule has 0 aromatic carbocycles. The lowest BCUT2D eigenvalue weighted by atomic mass is 10.4. The van der Waals surface area contributed by atoms with Crippen molar-refractivity contribution in [2.24, 2.45) is 0 Å². The Kier molecular flexibility index (Phi) is 4.34. The van der Waals surface area contributed by atoms with Gasteiger partial charge in [-0.15, -0.1) is 11.8 Å². The van der Waals surface area contributed by atoms with Crippen molar-refractivity contribution >= 4 is 5.97 Å². The van der Waals surface area contributed by atoms with Crippen LogP contribution in [0.4, 0.5) is 0 Å². The lowest BCUT2D eigenvalue weighted by Crippen LogP contribution is -2.07. The Morgan fingerprint density at radius 3 is 3.30 bits per heavy atom. The summed E-state index contributed by atoms with van der Waals surface area (Å²) >= 11 is 0. The molecule has 0 aliphatic heterocycles. The molecule has 0 aliphatic carbocycles. The van der Waals surface area contributed by atoms with Gasteiger partial charge in [0.05, 0.1) is 6.61 Å². The van der Waals surface area contributed by atoms with E-state index in [-0.39, 0.29) is 6.61 Å². The van der Waals surface area contributed by atoms with Crippen LogP contribution in [0.1, 0.15) is 13.3 Å². The van der Waals surface area contributed by atoms with E-state index in [1.165, 1.54) is 0 Å². The fourth-order valence-electron chi connectivity index (χ4n) is 0.404. The molecule has 0 heterocycles. The Hall–Kier alpha value is -1.01. The second kappa shape index (κ2) is 6.12. The van der Waals surface area contributed by atoms with Gasteiger partial charge in [0.15, 0.2) is 0 Å². The van der Waals surface area contributed by atoms with Crippen LogP contribution in [-0.4, -0.2) is 24.3 Å². The molecule has 0 fully saturated rings. The van der Waals surface area contributed by atoms with E-state index in [9.17, 15) is 4.79 Å². The van der Waals surface area contributed by atoms with Crippen molar-refractivity contribution < 1.29 is 14.6 Å². The van der Waals surface area contributed by atoms with Crippen molar-refractivity contribution in [3.05, 3.63) is 0 Å². The largest absolute Gasteiger partial charge is 0.480 e. The SMILES string of the molecule is [2H]OC(=O)COCCC#CC. The van der Waals surface area contributed by atoms with Gasteiger partial charge in [-0.2, -0.15) is 0 Å². The summed E-state index contributed by atoms with van der Waals surface area (Å²) in [5, 5.41) is 3.61. The van der Waals surface area contributed by atoms with Crippen molar-refractivity contribution in [3.8, 4) is 11.8 Å². The smallest absolute Gasteiger partial charge is 0.329 e. The summed E-state index contributed by atoms with van der Waals surface area (Å²) in [7, 11) is 0.